The first kappa shape index (κ1) is 26.9. The van der Waals surface area contributed by atoms with Crippen LogP contribution in [0.3, 0.4) is 0 Å². The van der Waals surface area contributed by atoms with E-state index in [1.807, 2.05) is 0 Å². The van der Waals surface area contributed by atoms with Crippen molar-refractivity contribution in [1.82, 2.24) is 8.61 Å². The van der Waals surface area contributed by atoms with Crippen molar-refractivity contribution in [3.63, 3.8) is 0 Å². The number of likely N-dealkylation sites (N-methyl/N-ethyl adjacent to an activating group) is 1. The highest BCUT2D eigenvalue weighted by Gasteiger charge is 2.39. The average Bonchev–Trinajstić information content (AvgIpc) is 2.80. The van der Waals surface area contributed by atoms with Gasteiger partial charge in [0.2, 0.25) is 20.0 Å². The van der Waals surface area contributed by atoms with Crippen LogP contribution in [0.4, 0.5) is 0 Å². The highest BCUT2D eigenvalue weighted by molar-refractivity contribution is 9.10. The Balaban J connectivity index is 2.02. The van der Waals surface area contributed by atoms with Crippen LogP contribution in [0, 0.1) is 5.92 Å². The molecule has 34 heavy (non-hydrogen) atoms. The smallest absolute Gasteiger partial charge is 0.247 e. The molecule has 0 spiro atoms. The fraction of sp³-hybridized carbons (Fsp3) is 0.455. The van der Waals surface area contributed by atoms with E-state index in [4.69, 9.17) is 9.47 Å². The van der Waals surface area contributed by atoms with Gasteiger partial charge in [-0.2, -0.15) is 8.61 Å². The second-order valence-electron chi connectivity index (χ2n) is 8.27. The predicted octanol–water partition coefficient (Wildman–Crippen LogP) is 2.55. The summed E-state index contributed by atoms with van der Waals surface area (Å²) in [5.74, 6) is -0.0559. The first-order valence-corrected chi connectivity index (χ1v) is 14.3. The van der Waals surface area contributed by atoms with Gasteiger partial charge in [0, 0.05) is 30.0 Å². The van der Waals surface area contributed by atoms with Gasteiger partial charge in [0.1, 0.15) is 27.4 Å². The maximum Gasteiger partial charge on any atom is 0.247 e. The lowest BCUT2D eigenvalue weighted by molar-refractivity contribution is 0.0903. The number of fused-ring (bicyclic) bond motifs is 1. The Morgan fingerprint density at radius 3 is 2.62 bits per heavy atom. The summed E-state index contributed by atoms with van der Waals surface area (Å²) in [6.45, 7) is 3.08. The number of ether oxygens (including phenoxy) is 2. The average molecular weight is 578 g/mol. The van der Waals surface area contributed by atoms with Gasteiger partial charge in [-0.25, -0.2) is 16.8 Å². The molecule has 12 heteroatoms. The fourth-order valence-electron chi connectivity index (χ4n) is 3.77. The lowest BCUT2D eigenvalue weighted by Gasteiger charge is -2.37. The minimum Gasteiger partial charge on any atom is -0.495 e. The molecule has 0 saturated heterocycles. The Bertz CT molecular complexity index is 1240. The maximum atomic E-state index is 13.4. The van der Waals surface area contributed by atoms with Crippen molar-refractivity contribution in [3.8, 4) is 11.5 Å². The summed E-state index contributed by atoms with van der Waals surface area (Å²) < 4.78 is 67.8. The van der Waals surface area contributed by atoms with Gasteiger partial charge in [-0.15, -0.1) is 0 Å². The zero-order valence-corrected chi connectivity index (χ0v) is 22.6. The lowest BCUT2D eigenvalue weighted by atomic mass is 10.0. The molecule has 3 atom stereocenters. The number of rotatable bonds is 7. The second-order valence-corrected chi connectivity index (χ2v) is 13.1. The molecule has 0 fully saturated rings. The second kappa shape index (κ2) is 10.5. The monoisotopic (exact) mass is 576 g/mol. The summed E-state index contributed by atoms with van der Waals surface area (Å²) in [7, 11) is -5.03. The molecule has 1 heterocycles. The number of benzene rings is 2. The molecular weight excluding hydrogens is 548 g/mol. The Kier molecular flexibility index (Phi) is 8.31. The molecule has 1 aliphatic heterocycles. The molecule has 0 bridgehead atoms. The number of para-hydroxylation sites is 1. The topological polar surface area (TPSA) is 113 Å². The number of halogens is 1. The van der Waals surface area contributed by atoms with Crippen LogP contribution in [-0.2, 0) is 20.0 Å². The van der Waals surface area contributed by atoms with Gasteiger partial charge in [0.25, 0.3) is 0 Å². The summed E-state index contributed by atoms with van der Waals surface area (Å²) >= 11 is 3.35. The van der Waals surface area contributed by atoms with E-state index in [2.05, 4.69) is 15.9 Å². The maximum absolute atomic E-state index is 13.4. The van der Waals surface area contributed by atoms with Gasteiger partial charge in [0.05, 0.1) is 20.3 Å². The van der Waals surface area contributed by atoms with Crippen molar-refractivity contribution in [1.29, 1.82) is 0 Å². The molecular formula is C22H29BrN2O7S2. The summed E-state index contributed by atoms with van der Waals surface area (Å²) in [6.07, 6.45) is -0.675. The highest BCUT2D eigenvalue weighted by atomic mass is 79.9. The third-order valence-electron chi connectivity index (χ3n) is 5.82. The summed E-state index contributed by atoms with van der Waals surface area (Å²) in [4.78, 5) is -0.0112. The van der Waals surface area contributed by atoms with Crippen molar-refractivity contribution in [2.45, 2.75) is 35.8 Å². The van der Waals surface area contributed by atoms with Gasteiger partial charge in [-0.3, -0.25) is 0 Å². The largest absolute Gasteiger partial charge is 0.495 e. The van der Waals surface area contributed by atoms with Crippen LogP contribution >= 0.6 is 15.9 Å². The van der Waals surface area contributed by atoms with E-state index in [0.717, 1.165) is 0 Å². The Morgan fingerprint density at radius 2 is 1.97 bits per heavy atom. The zero-order chi connectivity index (χ0) is 25.3. The van der Waals surface area contributed by atoms with E-state index in [0.29, 0.717) is 4.47 Å². The molecule has 2 aromatic carbocycles. The van der Waals surface area contributed by atoms with E-state index in [-0.39, 0.29) is 41.0 Å². The van der Waals surface area contributed by atoms with Gasteiger partial charge in [-0.1, -0.05) is 35.0 Å². The van der Waals surface area contributed by atoms with Crippen LogP contribution in [-0.4, -0.2) is 76.6 Å². The van der Waals surface area contributed by atoms with Crippen molar-refractivity contribution in [2.75, 3.05) is 33.9 Å². The van der Waals surface area contributed by atoms with Gasteiger partial charge < -0.3 is 14.6 Å². The van der Waals surface area contributed by atoms with Gasteiger partial charge in [-0.05, 0) is 37.3 Å². The number of aliphatic hydroxyl groups is 1. The number of hydrogen-bond donors (Lipinski definition) is 1. The molecule has 0 unspecified atom stereocenters. The molecule has 0 amide bonds. The molecule has 0 radical (unpaired) electrons. The first-order valence-electron chi connectivity index (χ1n) is 10.6. The van der Waals surface area contributed by atoms with Crippen LogP contribution in [0.5, 0.6) is 11.5 Å². The third kappa shape index (κ3) is 5.26. The Morgan fingerprint density at radius 1 is 1.29 bits per heavy atom. The minimum atomic E-state index is -3.96. The number of nitrogens with zero attached hydrogens (tertiary/aromatic N) is 2. The number of methoxy groups -OCH3 is 1. The van der Waals surface area contributed by atoms with E-state index in [1.165, 1.54) is 34.9 Å². The van der Waals surface area contributed by atoms with Crippen LogP contribution < -0.4 is 9.47 Å². The quantitative estimate of drug-likeness (QED) is 0.538. The van der Waals surface area contributed by atoms with E-state index < -0.39 is 38.1 Å². The van der Waals surface area contributed by atoms with E-state index >= 15 is 0 Å². The fourth-order valence-corrected chi connectivity index (χ4v) is 7.27. The molecule has 0 aromatic heterocycles. The zero-order valence-electron chi connectivity index (χ0n) is 19.4. The van der Waals surface area contributed by atoms with Gasteiger partial charge in [0.15, 0.2) is 0 Å². The van der Waals surface area contributed by atoms with E-state index in [1.54, 1.807) is 44.2 Å². The first-order chi connectivity index (χ1) is 15.9. The summed E-state index contributed by atoms with van der Waals surface area (Å²) in [5.41, 5.74) is 0. The summed E-state index contributed by atoms with van der Waals surface area (Å²) in [6, 6.07) is 10.3. The predicted molar refractivity (Wildman–Crippen MR) is 131 cm³/mol. The van der Waals surface area contributed by atoms with Gasteiger partial charge >= 0.3 is 0 Å². The highest BCUT2D eigenvalue weighted by Crippen LogP contribution is 2.36. The lowest BCUT2D eigenvalue weighted by Crippen LogP contribution is -2.50. The molecule has 1 aliphatic rings. The SMILES string of the molecule is COc1ccccc1S(=O)(=O)N(C)C[C@H]1Oc2cc(Br)ccc2S(=O)(=O)N([C@H](C)CO)C[C@H]1C. The third-order valence-corrected chi connectivity index (χ3v) is 10.2. The van der Waals surface area contributed by atoms with Crippen LogP contribution in [0.15, 0.2) is 56.7 Å². The minimum absolute atomic E-state index is 0.0275. The summed E-state index contributed by atoms with van der Waals surface area (Å²) in [5, 5.41) is 9.71. The number of aliphatic hydroxyl groups excluding tert-OH is 1. The van der Waals surface area contributed by atoms with Crippen LogP contribution in [0.2, 0.25) is 0 Å². The molecule has 3 rings (SSSR count). The standard InChI is InChI=1S/C22H29BrN2O7S2/c1-15-12-25(16(2)14-26)34(29,30)22-10-9-17(23)11-19(22)32-20(15)13-24(3)33(27,28)21-8-6-5-7-18(21)31-4/h5-11,15-16,20,26H,12-14H2,1-4H3/t15-,16-,20-/m1/s1. The van der Waals surface area contributed by atoms with Crippen molar-refractivity contribution in [3.05, 3.63) is 46.9 Å². The molecule has 0 aliphatic carbocycles. The molecule has 188 valence electrons. The molecule has 0 saturated carbocycles. The molecule has 2 aromatic rings. The van der Waals surface area contributed by atoms with Crippen molar-refractivity contribution >= 4 is 36.0 Å². The van der Waals surface area contributed by atoms with Crippen LogP contribution in [0.25, 0.3) is 0 Å². The number of sulfonamides is 2. The Hall–Kier alpha value is -1.70. The Labute approximate surface area is 209 Å². The molecule has 1 N–H and O–H groups in total. The normalized spacial score (nSPS) is 21.7. The van der Waals surface area contributed by atoms with Crippen molar-refractivity contribution in [2.24, 2.45) is 5.92 Å². The molecule has 9 nitrogen and oxygen atoms in total. The number of hydrogen-bond acceptors (Lipinski definition) is 7. The van der Waals surface area contributed by atoms with E-state index in [9.17, 15) is 21.9 Å². The van der Waals surface area contributed by atoms with Crippen molar-refractivity contribution < 1.29 is 31.4 Å². The van der Waals surface area contributed by atoms with Crippen LogP contribution in [0.1, 0.15) is 13.8 Å².